The lowest BCUT2D eigenvalue weighted by molar-refractivity contribution is -0.138. The van der Waals surface area contributed by atoms with E-state index in [-0.39, 0.29) is 31.3 Å². The van der Waals surface area contributed by atoms with E-state index in [1.165, 1.54) is 0 Å². The lowest BCUT2D eigenvalue weighted by Gasteiger charge is -2.08. The van der Waals surface area contributed by atoms with Gasteiger partial charge in [-0.05, 0) is 6.42 Å². The average Bonchev–Trinajstić information content (AvgIpc) is 2.69. The Morgan fingerprint density at radius 2 is 1.10 bits per heavy atom. The number of carbonyl (C=O) groups excluding carboxylic acids is 2. The Balaban J connectivity index is 3.24. The molecule has 0 aromatic rings. The molecule has 0 saturated heterocycles. The van der Waals surface area contributed by atoms with Crippen LogP contribution < -0.4 is 10.6 Å². The molecular weight excluding hydrogens is 384 g/mol. The molecule has 0 heterocycles. The highest BCUT2D eigenvalue weighted by Crippen LogP contribution is 1.92. The van der Waals surface area contributed by atoms with E-state index < -0.39 is 5.97 Å². The minimum atomic E-state index is -0.895. The Hall–Kier alpha value is -1.75. The summed E-state index contributed by atoms with van der Waals surface area (Å²) in [6.45, 7) is 5.66. The molecule has 0 aromatic heterocycles. The van der Waals surface area contributed by atoms with Crippen LogP contribution in [0.4, 0.5) is 0 Å². The molecule has 0 saturated carbocycles. The maximum Gasteiger partial charge on any atom is 0.305 e. The van der Waals surface area contributed by atoms with Crippen LogP contribution in [0.5, 0.6) is 0 Å². The molecular formula is C19H36N2O8. The third-order valence-corrected chi connectivity index (χ3v) is 3.57. The van der Waals surface area contributed by atoms with Crippen LogP contribution in [0.1, 0.15) is 39.0 Å². The fourth-order valence-corrected chi connectivity index (χ4v) is 2.01. The van der Waals surface area contributed by atoms with Gasteiger partial charge in [-0.1, -0.05) is 13.3 Å². The highest BCUT2D eigenvalue weighted by atomic mass is 16.5. The molecule has 0 aliphatic carbocycles. The summed E-state index contributed by atoms with van der Waals surface area (Å²) in [5, 5.41) is 13.9. The number of carboxylic acids is 1. The van der Waals surface area contributed by atoms with E-state index in [9.17, 15) is 14.4 Å². The summed E-state index contributed by atoms with van der Waals surface area (Å²) in [5.74, 6) is -0.970. The maximum absolute atomic E-state index is 11.6. The third-order valence-electron chi connectivity index (χ3n) is 3.57. The highest BCUT2D eigenvalue weighted by Gasteiger charge is 2.02. The van der Waals surface area contributed by atoms with Crippen LogP contribution in [0.15, 0.2) is 0 Å². The Kier molecular flexibility index (Phi) is 19.7. The van der Waals surface area contributed by atoms with Crippen molar-refractivity contribution in [1.82, 2.24) is 10.6 Å². The van der Waals surface area contributed by atoms with Gasteiger partial charge in [0.05, 0.1) is 59.3 Å². The average molecular weight is 421 g/mol. The van der Waals surface area contributed by atoms with E-state index in [0.29, 0.717) is 65.8 Å². The van der Waals surface area contributed by atoms with Crippen LogP contribution >= 0.6 is 0 Å². The first-order chi connectivity index (χ1) is 14.1. The van der Waals surface area contributed by atoms with E-state index in [0.717, 1.165) is 12.8 Å². The van der Waals surface area contributed by atoms with Gasteiger partial charge in [0, 0.05) is 25.9 Å². The molecule has 0 aliphatic heterocycles. The number of unbranched alkanes of at least 4 members (excludes halogenated alkanes) is 1. The Labute approximate surface area is 172 Å². The zero-order valence-electron chi connectivity index (χ0n) is 17.4. The SMILES string of the molecule is CCCCC(=O)NCCOCCOCCC(=O)NCCOCCOCCC(=O)O. The van der Waals surface area contributed by atoms with Crippen molar-refractivity contribution < 1.29 is 38.4 Å². The predicted octanol–water partition coefficient (Wildman–Crippen LogP) is 0.340. The molecule has 0 rings (SSSR count). The number of ether oxygens (including phenoxy) is 4. The zero-order chi connectivity index (χ0) is 21.6. The first-order valence-electron chi connectivity index (χ1n) is 10.1. The fraction of sp³-hybridized carbons (Fsp3) is 0.842. The molecule has 0 radical (unpaired) electrons. The summed E-state index contributed by atoms with van der Waals surface area (Å²) in [7, 11) is 0. The number of hydrogen-bond donors (Lipinski definition) is 3. The second-order valence-electron chi connectivity index (χ2n) is 6.15. The summed E-state index contributed by atoms with van der Waals surface area (Å²) >= 11 is 0. The number of carbonyl (C=O) groups is 3. The van der Waals surface area contributed by atoms with Gasteiger partial charge in [-0.15, -0.1) is 0 Å². The normalized spacial score (nSPS) is 10.7. The van der Waals surface area contributed by atoms with Crippen molar-refractivity contribution in [3.05, 3.63) is 0 Å². The summed E-state index contributed by atoms with van der Waals surface area (Å²) in [5.41, 5.74) is 0. The topological polar surface area (TPSA) is 132 Å². The van der Waals surface area contributed by atoms with E-state index in [2.05, 4.69) is 10.6 Å². The monoisotopic (exact) mass is 420 g/mol. The number of hydrogen-bond acceptors (Lipinski definition) is 7. The van der Waals surface area contributed by atoms with E-state index in [1.807, 2.05) is 6.92 Å². The molecule has 0 fully saturated rings. The first kappa shape index (κ1) is 27.2. The summed E-state index contributed by atoms with van der Waals surface area (Å²) in [6.07, 6.45) is 2.68. The molecule has 0 bridgehead atoms. The van der Waals surface area contributed by atoms with Gasteiger partial charge in [-0.25, -0.2) is 0 Å². The number of rotatable bonds is 21. The van der Waals surface area contributed by atoms with Crippen LogP contribution in [0.3, 0.4) is 0 Å². The standard InChI is InChI=1S/C19H36N2O8/c1-2-3-4-17(22)20-7-11-28-15-13-26-9-5-18(23)21-8-12-29-16-14-27-10-6-19(24)25/h2-16H2,1H3,(H,20,22)(H,21,23)(H,24,25). The molecule has 0 spiro atoms. The number of nitrogens with one attached hydrogen (secondary N) is 2. The van der Waals surface area contributed by atoms with Crippen LogP contribution in [-0.2, 0) is 33.3 Å². The lowest BCUT2D eigenvalue weighted by Crippen LogP contribution is -2.28. The van der Waals surface area contributed by atoms with Crippen LogP contribution in [0.25, 0.3) is 0 Å². The summed E-state index contributed by atoms with van der Waals surface area (Å²) in [6, 6.07) is 0. The first-order valence-corrected chi connectivity index (χ1v) is 10.1. The van der Waals surface area contributed by atoms with Gasteiger partial charge in [0.2, 0.25) is 11.8 Å². The summed E-state index contributed by atoms with van der Waals surface area (Å²) in [4.78, 5) is 33.2. The molecule has 10 nitrogen and oxygen atoms in total. The number of carboxylic acid groups (broad SMARTS) is 1. The molecule has 0 aromatic carbocycles. The van der Waals surface area contributed by atoms with Crippen LogP contribution in [-0.4, -0.2) is 88.8 Å². The van der Waals surface area contributed by atoms with Crippen molar-refractivity contribution in [3.63, 3.8) is 0 Å². The van der Waals surface area contributed by atoms with Crippen molar-refractivity contribution in [2.45, 2.75) is 39.0 Å². The van der Waals surface area contributed by atoms with Crippen LogP contribution in [0, 0.1) is 0 Å². The Morgan fingerprint density at radius 3 is 1.59 bits per heavy atom. The van der Waals surface area contributed by atoms with Gasteiger partial charge in [0.25, 0.3) is 0 Å². The molecule has 0 atom stereocenters. The van der Waals surface area contributed by atoms with E-state index in [1.54, 1.807) is 0 Å². The van der Waals surface area contributed by atoms with Gasteiger partial charge < -0.3 is 34.7 Å². The minimum absolute atomic E-state index is 0.0262. The molecule has 170 valence electrons. The molecule has 3 N–H and O–H groups in total. The second kappa shape index (κ2) is 21.0. The molecule has 2 amide bonds. The smallest absolute Gasteiger partial charge is 0.305 e. The van der Waals surface area contributed by atoms with Crippen molar-refractivity contribution in [3.8, 4) is 0 Å². The van der Waals surface area contributed by atoms with Gasteiger partial charge in [-0.3, -0.25) is 14.4 Å². The third kappa shape index (κ3) is 22.4. The summed E-state index contributed by atoms with van der Waals surface area (Å²) < 4.78 is 21.0. The van der Waals surface area contributed by atoms with Crippen molar-refractivity contribution >= 4 is 17.8 Å². The van der Waals surface area contributed by atoms with Gasteiger partial charge in [-0.2, -0.15) is 0 Å². The largest absolute Gasteiger partial charge is 0.481 e. The fourth-order valence-electron chi connectivity index (χ4n) is 2.01. The molecule has 0 aliphatic rings. The van der Waals surface area contributed by atoms with Crippen molar-refractivity contribution in [2.75, 3.05) is 65.9 Å². The predicted molar refractivity (Wildman–Crippen MR) is 106 cm³/mol. The van der Waals surface area contributed by atoms with Crippen molar-refractivity contribution in [2.24, 2.45) is 0 Å². The Morgan fingerprint density at radius 1 is 0.655 bits per heavy atom. The van der Waals surface area contributed by atoms with E-state index >= 15 is 0 Å². The van der Waals surface area contributed by atoms with E-state index in [4.69, 9.17) is 24.1 Å². The van der Waals surface area contributed by atoms with Gasteiger partial charge >= 0.3 is 5.97 Å². The number of amides is 2. The minimum Gasteiger partial charge on any atom is -0.481 e. The quantitative estimate of drug-likeness (QED) is 0.227. The highest BCUT2D eigenvalue weighted by molar-refractivity contribution is 5.76. The molecule has 0 unspecified atom stereocenters. The van der Waals surface area contributed by atoms with Crippen LogP contribution in [0.2, 0.25) is 0 Å². The lowest BCUT2D eigenvalue weighted by atomic mass is 10.2. The number of aliphatic carboxylic acids is 1. The second-order valence-corrected chi connectivity index (χ2v) is 6.15. The Bertz CT molecular complexity index is 434. The van der Waals surface area contributed by atoms with Crippen molar-refractivity contribution in [1.29, 1.82) is 0 Å². The zero-order valence-corrected chi connectivity index (χ0v) is 17.4. The van der Waals surface area contributed by atoms with Gasteiger partial charge in [0.15, 0.2) is 0 Å². The molecule has 29 heavy (non-hydrogen) atoms. The van der Waals surface area contributed by atoms with Gasteiger partial charge in [0.1, 0.15) is 0 Å². The maximum atomic E-state index is 11.6. The molecule has 10 heteroatoms.